The predicted molar refractivity (Wildman–Crippen MR) is 94.2 cm³/mol. The van der Waals surface area contributed by atoms with Crippen molar-refractivity contribution >= 4 is 17.3 Å². The summed E-state index contributed by atoms with van der Waals surface area (Å²) < 4.78 is 38.7. The van der Waals surface area contributed by atoms with Crippen molar-refractivity contribution in [2.45, 2.75) is 44.4 Å². The Kier molecular flexibility index (Phi) is 7.47. The molecule has 2 rings (SSSR count). The summed E-state index contributed by atoms with van der Waals surface area (Å²) in [4.78, 5) is 0. The molecule has 0 bridgehead atoms. The lowest BCUT2D eigenvalue weighted by Gasteiger charge is -2.38. The Morgan fingerprint density at radius 3 is 2.77 bits per heavy atom. The molecule has 1 aliphatic rings. The molecule has 7 nitrogen and oxygen atoms in total. The summed E-state index contributed by atoms with van der Waals surface area (Å²) in [6, 6.07) is 3.50. The van der Waals surface area contributed by atoms with E-state index in [1.807, 2.05) is 6.92 Å². The molecule has 4 unspecified atom stereocenters. The smallest absolute Gasteiger partial charge is 0.361 e. The van der Waals surface area contributed by atoms with E-state index in [9.17, 15) is 18.3 Å². The van der Waals surface area contributed by atoms with E-state index in [0.717, 1.165) is 18.6 Å². The largest absolute Gasteiger partial charge is 0.417 e. The van der Waals surface area contributed by atoms with Crippen LogP contribution in [0.2, 0.25) is 5.02 Å². The Morgan fingerprint density at radius 2 is 2.12 bits per heavy atom. The molecule has 0 spiro atoms. The van der Waals surface area contributed by atoms with Gasteiger partial charge >= 0.3 is 6.18 Å². The van der Waals surface area contributed by atoms with Gasteiger partial charge in [0.15, 0.2) is 6.35 Å². The van der Waals surface area contributed by atoms with Crippen LogP contribution in [0.15, 0.2) is 18.2 Å². The summed E-state index contributed by atoms with van der Waals surface area (Å²) in [5.74, 6) is 0. The number of aliphatic hydroxyl groups is 1. The zero-order valence-electron chi connectivity index (χ0n) is 14.2. The monoisotopic (exact) mass is 396 g/mol. The molecule has 0 saturated carbocycles. The molecule has 0 amide bonds. The van der Waals surface area contributed by atoms with Gasteiger partial charge in [-0.2, -0.15) is 13.2 Å². The van der Waals surface area contributed by atoms with E-state index in [-0.39, 0.29) is 17.9 Å². The van der Waals surface area contributed by atoms with Crippen molar-refractivity contribution in [3.8, 4) is 0 Å². The van der Waals surface area contributed by atoms with Crippen molar-refractivity contribution < 1.29 is 18.3 Å². The molecule has 0 aromatic heterocycles. The maximum Gasteiger partial charge on any atom is 0.417 e. The highest BCUT2D eigenvalue weighted by atomic mass is 35.5. The summed E-state index contributed by atoms with van der Waals surface area (Å²) in [6.07, 6.45) is -5.51. The van der Waals surface area contributed by atoms with Crippen LogP contribution < -0.4 is 32.3 Å². The zero-order valence-corrected chi connectivity index (χ0v) is 15.0. The summed E-state index contributed by atoms with van der Waals surface area (Å²) in [6.45, 7) is 3.13. The Hall–Kier alpha value is -1.14. The minimum atomic E-state index is -4.57. The third-order valence-electron chi connectivity index (χ3n) is 3.84. The number of alkyl halides is 3. The predicted octanol–water partition coefficient (Wildman–Crippen LogP) is 0.766. The van der Waals surface area contributed by atoms with Crippen LogP contribution >= 0.6 is 11.6 Å². The van der Waals surface area contributed by atoms with Gasteiger partial charge in [-0.3, -0.25) is 10.6 Å². The van der Waals surface area contributed by atoms with Gasteiger partial charge in [-0.15, -0.1) is 0 Å². The fourth-order valence-electron chi connectivity index (χ4n) is 2.71. The Balaban J connectivity index is 1.94. The standard InChI is InChI=1S/C15H24ClF3N6O/c1-8-6-12(21-5-4-20)24-13(22-8)25-14(26)23-9-2-3-11(16)10(7-9)15(17,18)19/h2-3,7-8,12-14,21-26H,4-6,20H2,1H3. The van der Waals surface area contributed by atoms with E-state index in [0.29, 0.717) is 13.1 Å². The minimum absolute atomic E-state index is 0.00753. The summed E-state index contributed by atoms with van der Waals surface area (Å²) in [7, 11) is 0. The van der Waals surface area contributed by atoms with Crippen molar-refractivity contribution in [3.63, 3.8) is 0 Å². The first-order valence-corrected chi connectivity index (χ1v) is 8.60. The number of rotatable bonds is 7. The average molecular weight is 397 g/mol. The van der Waals surface area contributed by atoms with Crippen LogP contribution in [0.3, 0.4) is 0 Å². The van der Waals surface area contributed by atoms with E-state index in [2.05, 4.69) is 26.6 Å². The first-order chi connectivity index (χ1) is 12.2. The van der Waals surface area contributed by atoms with Crippen molar-refractivity contribution in [1.29, 1.82) is 0 Å². The molecular weight excluding hydrogens is 373 g/mol. The maximum absolute atomic E-state index is 12.9. The second kappa shape index (κ2) is 9.18. The van der Waals surface area contributed by atoms with Gasteiger partial charge in [0, 0.05) is 24.8 Å². The lowest BCUT2D eigenvalue weighted by atomic mass is 10.1. The number of halogens is 4. The molecule has 8 N–H and O–H groups in total. The van der Waals surface area contributed by atoms with Crippen LogP contribution in [0, 0.1) is 0 Å². The first kappa shape index (κ1) is 21.2. The normalized spacial score (nSPS) is 25.1. The lowest BCUT2D eigenvalue weighted by Crippen LogP contribution is -2.68. The van der Waals surface area contributed by atoms with Gasteiger partial charge < -0.3 is 21.5 Å². The van der Waals surface area contributed by atoms with Crippen LogP contribution in [-0.4, -0.2) is 43.0 Å². The zero-order chi connectivity index (χ0) is 19.3. The molecule has 0 aliphatic carbocycles. The van der Waals surface area contributed by atoms with Crippen molar-refractivity contribution in [3.05, 3.63) is 28.8 Å². The molecule has 1 saturated heterocycles. The van der Waals surface area contributed by atoms with E-state index < -0.39 is 29.4 Å². The second-order valence-electron chi connectivity index (χ2n) is 6.10. The summed E-state index contributed by atoms with van der Waals surface area (Å²) >= 11 is 5.58. The molecule has 0 radical (unpaired) electrons. The van der Waals surface area contributed by atoms with Gasteiger partial charge in [0.1, 0.15) is 6.29 Å². The first-order valence-electron chi connectivity index (χ1n) is 8.22. The van der Waals surface area contributed by atoms with E-state index in [1.54, 1.807) is 0 Å². The number of nitrogens with two attached hydrogens (primary N) is 1. The summed E-state index contributed by atoms with van der Waals surface area (Å²) in [5, 5.41) is 24.7. The highest BCUT2D eigenvalue weighted by Gasteiger charge is 2.33. The minimum Gasteiger partial charge on any atom is -0.361 e. The number of hydrogen-bond acceptors (Lipinski definition) is 7. The molecule has 26 heavy (non-hydrogen) atoms. The molecule has 1 aromatic carbocycles. The van der Waals surface area contributed by atoms with Crippen LogP contribution in [0.25, 0.3) is 0 Å². The van der Waals surface area contributed by atoms with E-state index in [4.69, 9.17) is 17.3 Å². The number of aliphatic hydroxyl groups excluding tert-OH is 1. The lowest BCUT2D eigenvalue weighted by molar-refractivity contribution is -0.137. The van der Waals surface area contributed by atoms with Crippen molar-refractivity contribution in [1.82, 2.24) is 21.3 Å². The molecule has 11 heteroatoms. The van der Waals surface area contributed by atoms with Gasteiger partial charge in [0.25, 0.3) is 0 Å². The van der Waals surface area contributed by atoms with E-state index >= 15 is 0 Å². The van der Waals surface area contributed by atoms with Gasteiger partial charge in [0.05, 0.1) is 16.8 Å². The Labute approximate surface area is 154 Å². The van der Waals surface area contributed by atoms with Gasteiger partial charge in [0.2, 0.25) is 0 Å². The van der Waals surface area contributed by atoms with E-state index in [1.165, 1.54) is 6.07 Å². The molecule has 1 aromatic rings. The van der Waals surface area contributed by atoms with Crippen molar-refractivity contribution in [2.24, 2.45) is 5.73 Å². The van der Waals surface area contributed by atoms with Crippen LogP contribution in [-0.2, 0) is 6.18 Å². The second-order valence-corrected chi connectivity index (χ2v) is 6.51. The van der Waals surface area contributed by atoms with Crippen LogP contribution in [0.5, 0.6) is 0 Å². The Bertz CT molecular complexity index is 591. The maximum atomic E-state index is 12.9. The summed E-state index contributed by atoms with van der Waals surface area (Å²) in [5.41, 5.74) is 4.59. The molecule has 1 heterocycles. The number of hydrogen-bond donors (Lipinski definition) is 7. The molecule has 1 aliphatic heterocycles. The number of anilines is 1. The molecule has 1 fully saturated rings. The molecule has 4 atom stereocenters. The third-order valence-corrected chi connectivity index (χ3v) is 4.17. The van der Waals surface area contributed by atoms with Crippen LogP contribution in [0.1, 0.15) is 18.9 Å². The molecule has 148 valence electrons. The fourth-order valence-corrected chi connectivity index (χ4v) is 2.93. The Morgan fingerprint density at radius 1 is 1.38 bits per heavy atom. The van der Waals surface area contributed by atoms with Crippen molar-refractivity contribution in [2.75, 3.05) is 18.4 Å². The molecular formula is C15H24ClF3N6O. The fraction of sp³-hybridized carbons (Fsp3) is 0.600. The number of benzene rings is 1. The highest BCUT2D eigenvalue weighted by molar-refractivity contribution is 6.31. The van der Waals surface area contributed by atoms with Gasteiger partial charge in [-0.05, 0) is 31.5 Å². The van der Waals surface area contributed by atoms with Gasteiger partial charge in [-0.25, -0.2) is 5.32 Å². The SMILES string of the molecule is CC1CC(NCCN)NC(NC(O)Nc2ccc(Cl)c(C(F)(F)F)c2)N1. The average Bonchev–Trinajstić information content (AvgIpc) is 2.53. The number of nitrogens with one attached hydrogen (secondary N) is 5. The topological polar surface area (TPSA) is 106 Å². The highest BCUT2D eigenvalue weighted by Crippen LogP contribution is 2.36. The quantitative estimate of drug-likeness (QED) is 0.341. The van der Waals surface area contributed by atoms with Crippen LogP contribution in [0.4, 0.5) is 18.9 Å². The third kappa shape index (κ3) is 6.23. The van der Waals surface area contributed by atoms with Gasteiger partial charge in [-0.1, -0.05) is 11.6 Å².